The Morgan fingerprint density at radius 2 is 1.76 bits per heavy atom. The van der Waals surface area contributed by atoms with Crippen LogP contribution in [0.5, 0.6) is 0 Å². The van der Waals surface area contributed by atoms with Crippen LogP contribution in [-0.4, -0.2) is 12.7 Å². The summed E-state index contributed by atoms with van der Waals surface area (Å²) < 4.78 is 49.9. The molecule has 2 unspecified atom stereocenters. The van der Waals surface area contributed by atoms with E-state index in [-0.39, 0.29) is 23.4 Å². The highest BCUT2D eigenvalue weighted by Crippen LogP contribution is 2.35. The molecule has 3 rings (SSSR count). The summed E-state index contributed by atoms with van der Waals surface area (Å²) in [6, 6.07) is 7.89. The molecule has 0 spiro atoms. The lowest BCUT2D eigenvalue weighted by molar-refractivity contribution is -0.00181. The van der Waals surface area contributed by atoms with E-state index in [1.807, 2.05) is 0 Å². The number of aryl methyl sites for hydroxylation is 1. The van der Waals surface area contributed by atoms with Crippen LogP contribution in [0.4, 0.5) is 13.2 Å². The van der Waals surface area contributed by atoms with E-state index in [4.69, 9.17) is 4.74 Å². The number of unbranched alkanes of at least 4 members (excludes halogenated alkanes) is 2. The molecule has 0 N–H and O–H groups in total. The summed E-state index contributed by atoms with van der Waals surface area (Å²) in [6.45, 7) is 4.63. The minimum Gasteiger partial charge on any atom is -0.378 e. The van der Waals surface area contributed by atoms with Crippen LogP contribution in [0.3, 0.4) is 0 Å². The van der Waals surface area contributed by atoms with Crippen molar-refractivity contribution in [3.05, 3.63) is 58.9 Å². The highest BCUT2D eigenvalue weighted by atomic mass is 19.2. The molecule has 0 aliphatic carbocycles. The molecule has 2 atom stereocenters. The summed E-state index contributed by atoms with van der Waals surface area (Å²) >= 11 is 0. The highest BCUT2D eigenvalue weighted by molar-refractivity contribution is 5.65. The summed E-state index contributed by atoms with van der Waals surface area (Å²) in [7, 11) is 0. The molecule has 0 bridgehead atoms. The Hall–Kier alpha value is -1.81. The fourth-order valence-electron chi connectivity index (χ4n) is 4.19. The molecule has 0 saturated carbocycles. The number of halogens is 3. The third-order valence-corrected chi connectivity index (χ3v) is 5.95. The maximum Gasteiger partial charge on any atom is 0.166 e. The van der Waals surface area contributed by atoms with E-state index in [0.717, 1.165) is 44.9 Å². The van der Waals surface area contributed by atoms with Gasteiger partial charge in [-0.3, -0.25) is 0 Å². The molecule has 2 aromatic rings. The van der Waals surface area contributed by atoms with Crippen molar-refractivity contribution in [3.63, 3.8) is 0 Å². The fraction of sp³-hybridized carbons (Fsp3) is 0.520. The average molecular weight is 405 g/mol. The Bertz CT molecular complexity index is 810. The molecule has 1 saturated heterocycles. The number of hydrogen-bond donors (Lipinski definition) is 0. The normalized spacial score (nSPS) is 19.5. The van der Waals surface area contributed by atoms with Gasteiger partial charge in [-0.15, -0.1) is 0 Å². The first-order chi connectivity index (χ1) is 14.0. The monoisotopic (exact) mass is 404 g/mol. The van der Waals surface area contributed by atoms with Crippen molar-refractivity contribution in [2.45, 2.75) is 77.2 Å². The van der Waals surface area contributed by atoms with Crippen LogP contribution < -0.4 is 0 Å². The van der Waals surface area contributed by atoms with Gasteiger partial charge in [0.1, 0.15) is 5.82 Å². The number of rotatable bonds is 8. The van der Waals surface area contributed by atoms with Crippen molar-refractivity contribution in [2.24, 2.45) is 0 Å². The molecule has 0 radical (unpaired) electrons. The van der Waals surface area contributed by atoms with E-state index < -0.39 is 11.6 Å². The van der Waals surface area contributed by atoms with E-state index in [0.29, 0.717) is 29.7 Å². The molecule has 0 aromatic heterocycles. The van der Waals surface area contributed by atoms with Crippen molar-refractivity contribution in [1.82, 2.24) is 0 Å². The number of benzene rings is 2. The predicted octanol–water partition coefficient (Wildman–Crippen LogP) is 7.57. The highest BCUT2D eigenvalue weighted by Gasteiger charge is 2.26. The van der Waals surface area contributed by atoms with Crippen LogP contribution in [0.25, 0.3) is 11.1 Å². The molecule has 0 amide bonds. The summed E-state index contributed by atoms with van der Waals surface area (Å²) in [4.78, 5) is 0. The summed E-state index contributed by atoms with van der Waals surface area (Å²) in [6.07, 6.45) is 7.65. The van der Waals surface area contributed by atoms with E-state index in [9.17, 15) is 13.2 Å². The molecule has 1 aliphatic rings. The fourth-order valence-corrected chi connectivity index (χ4v) is 4.19. The maximum atomic E-state index is 14.8. The van der Waals surface area contributed by atoms with Gasteiger partial charge in [0.2, 0.25) is 0 Å². The van der Waals surface area contributed by atoms with Crippen LogP contribution in [0.2, 0.25) is 0 Å². The molecule has 158 valence electrons. The molecule has 29 heavy (non-hydrogen) atoms. The first kappa shape index (κ1) is 21.9. The first-order valence-corrected chi connectivity index (χ1v) is 10.9. The number of hydrogen-bond acceptors (Lipinski definition) is 1. The first-order valence-electron chi connectivity index (χ1n) is 10.9. The van der Waals surface area contributed by atoms with Gasteiger partial charge in [-0.1, -0.05) is 57.4 Å². The molecule has 1 nitrogen and oxygen atoms in total. The number of ether oxygens (including phenoxy) is 1. The molecule has 1 heterocycles. The standard InChI is InChI=1S/C25H31F3O/c1-3-5-6-8-17-9-10-18(15-23(17)26)21-13-14-22(25(28)24(21)27)19-11-12-20(7-4-2)29-16-19/h9-10,13-15,19-20H,3-8,11-12,16H2,1-2H3. The van der Waals surface area contributed by atoms with Gasteiger partial charge >= 0.3 is 0 Å². The Labute approximate surface area is 172 Å². The third kappa shape index (κ3) is 5.22. The zero-order valence-electron chi connectivity index (χ0n) is 17.4. The van der Waals surface area contributed by atoms with Crippen LogP contribution in [0.15, 0.2) is 30.3 Å². The SMILES string of the molecule is CCCCCc1ccc(-c2ccc(C3CCC(CCC)OC3)c(F)c2F)cc1F. The van der Waals surface area contributed by atoms with Gasteiger partial charge in [-0.05, 0) is 54.9 Å². The minimum atomic E-state index is -0.906. The van der Waals surface area contributed by atoms with Crippen LogP contribution >= 0.6 is 0 Å². The Balaban J connectivity index is 1.77. The van der Waals surface area contributed by atoms with Gasteiger partial charge in [0.25, 0.3) is 0 Å². The van der Waals surface area contributed by atoms with Crippen molar-refractivity contribution in [2.75, 3.05) is 6.61 Å². The largest absolute Gasteiger partial charge is 0.378 e. The summed E-state index contributed by atoms with van der Waals surface area (Å²) in [5, 5.41) is 0. The van der Waals surface area contributed by atoms with Gasteiger partial charge in [-0.2, -0.15) is 0 Å². The van der Waals surface area contributed by atoms with Crippen molar-refractivity contribution >= 4 is 0 Å². The van der Waals surface area contributed by atoms with Gasteiger partial charge < -0.3 is 4.74 Å². The Morgan fingerprint density at radius 3 is 2.41 bits per heavy atom. The topological polar surface area (TPSA) is 9.23 Å². The van der Waals surface area contributed by atoms with Gasteiger partial charge in [0.05, 0.1) is 12.7 Å². The molecule has 4 heteroatoms. The molecule has 1 aliphatic heterocycles. The van der Waals surface area contributed by atoms with Crippen molar-refractivity contribution in [1.29, 1.82) is 0 Å². The third-order valence-electron chi connectivity index (χ3n) is 5.95. The summed E-state index contributed by atoms with van der Waals surface area (Å²) in [5.74, 6) is -2.23. The minimum absolute atomic E-state index is 0.103. The maximum absolute atomic E-state index is 14.8. The van der Waals surface area contributed by atoms with E-state index in [2.05, 4.69) is 13.8 Å². The lowest BCUT2D eigenvalue weighted by Crippen LogP contribution is -2.25. The zero-order valence-corrected chi connectivity index (χ0v) is 17.4. The van der Waals surface area contributed by atoms with E-state index >= 15 is 0 Å². The Morgan fingerprint density at radius 1 is 0.931 bits per heavy atom. The molecule has 2 aromatic carbocycles. The molecule has 1 fully saturated rings. The lowest BCUT2D eigenvalue weighted by atomic mass is 9.88. The Kier molecular flexibility index (Phi) is 7.77. The lowest BCUT2D eigenvalue weighted by Gasteiger charge is -2.29. The second-order valence-electron chi connectivity index (χ2n) is 8.11. The van der Waals surface area contributed by atoms with Crippen LogP contribution in [0, 0.1) is 17.5 Å². The average Bonchev–Trinajstić information content (AvgIpc) is 2.72. The van der Waals surface area contributed by atoms with Gasteiger partial charge in [0.15, 0.2) is 11.6 Å². The molecular formula is C25H31F3O. The second kappa shape index (κ2) is 10.3. The van der Waals surface area contributed by atoms with E-state index in [1.54, 1.807) is 24.3 Å². The predicted molar refractivity (Wildman–Crippen MR) is 112 cm³/mol. The summed E-state index contributed by atoms with van der Waals surface area (Å²) in [5.41, 5.74) is 1.46. The molecular weight excluding hydrogens is 373 g/mol. The van der Waals surface area contributed by atoms with Gasteiger partial charge in [0, 0.05) is 11.5 Å². The smallest absolute Gasteiger partial charge is 0.166 e. The van der Waals surface area contributed by atoms with Crippen LogP contribution in [0.1, 0.15) is 75.8 Å². The van der Waals surface area contributed by atoms with E-state index in [1.165, 1.54) is 6.07 Å². The van der Waals surface area contributed by atoms with Crippen molar-refractivity contribution < 1.29 is 17.9 Å². The zero-order chi connectivity index (χ0) is 20.8. The van der Waals surface area contributed by atoms with Gasteiger partial charge in [-0.25, -0.2) is 13.2 Å². The van der Waals surface area contributed by atoms with Crippen LogP contribution in [-0.2, 0) is 11.2 Å². The quantitative estimate of drug-likeness (QED) is 0.412. The second-order valence-corrected chi connectivity index (χ2v) is 8.11. The van der Waals surface area contributed by atoms with Crippen molar-refractivity contribution in [3.8, 4) is 11.1 Å².